The summed E-state index contributed by atoms with van der Waals surface area (Å²) < 4.78 is 97.6. The van der Waals surface area contributed by atoms with Gasteiger partial charge in [0.25, 0.3) is 0 Å². The lowest BCUT2D eigenvalue weighted by Crippen LogP contribution is -2.23. The van der Waals surface area contributed by atoms with Crippen LogP contribution in [0.15, 0.2) is 24.3 Å². The second kappa shape index (κ2) is 10.6. The predicted molar refractivity (Wildman–Crippen MR) is 64.5 cm³/mol. The van der Waals surface area contributed by atoms with Gasteiger partial charge in [0, 0.05) is 12.2 Å². The van der Waals surface area contributed by atoms with Crippen LogP contribution in [0.1, 0.15) is 6.92 Å². The Morgan fingerprint density at radius 2 is 1.33 bits per heavy atom. The fraction of sp³-hybridized carbons (Fsp3) is 0.500. The maximum Gasteiger partial charge on any atom is 0.330 e. The second-order valence-electron chi connectivity index (χ2n) is 3.71. The van der Waals surface area contributed by atoms with Gasteiger partial charge in [-0.15, -0.1) is 0 Å². The molecule has 0 aromatic carbocycles. The molecule has 140 valence electrons. The van der Waals surface area contributed by atoms with Crippen molar-refractivity contribution in [3.05, 3.63) is 24.3 Å². The molecule has 0 heterocycles. The van der Waals surface area contributed by atoms with Crippen LogP contribution in [0.2, 0.25) is 0 Å². The number of hydrogen-bond donors (Lipinski definition) is 1. The molecule has 0 amide bonds. The number of carbonyl (C=O) groups excluding carboxylic acids is 1. The molecule has 0 aliphatic heterocycles. The summed E-state index contributed by atoms with van der Waals surface area (Å²) in [6.07, 6.45) is -7.95. The first-order valence-electron chi connectivity index (χ1n) is 5.86. The molecule has 0 aromatic heterocycles. The molecule has 0 unspecified atom stereocenters. The topological polar surface area (TPSA) is 63.6 Å². The zero-order chi connectivity index (χ0) is 19.6. The van der Waals surface area contributed by atoms with Gasteiger partial charge >= 0.3 is 36.6 Å². The molecule has 0 atom stereocenters. The van der Waals surface area contributed by atoms with E-state index in [-0.39, 0.29) is 30.9 Å². The zero-order valence-corrected chi connectivity index (χ0v) is 11.9. The quantitative estimate of drug-likeness (QED) is 0.422. The van der Waals surface area contributed by atoms with Crippen LogP contribution in [-0.4, -0.2) is 48.3 Å². The molecule has 1 N–H and O–H groups in total. The first-order valence-corrected chi connectivity index (χ1v) is 5.86. The summed E-state index contributed by atoms with van der Waals surface area (Å²) in [5.74, 6) is -11.4. The highest BCUT2D eigenvalue weighted by atomic mass is 19.3. The number of carboxylic acid groups (broad SMARTS) is 1. The van der Waals surface area contributed by atoms with Crippen molar-refractivity contribution in [3.8, 4) is 0 Å². The van der Waals surface area contributed by atoms with Crippen molar-refractivity contribution in [2.45, 2.75) is 31.6 Å². The van der Waals surface area contributed by atoms with Crippen molar-refractivity contribution in [3.63, 3.8) is 0 Å². The third-order valence-corrected chi connectivity index (χ3v) is 1.76. The minimum Gasteiger partial charge on any atom is -0.478 e. The molecule has 0 rings (SSSR count). The molecule has 0 radical (unpaired) electrons. The van der Waals surface area contributed by atoms with E-state index in [0.717, 1.165) is 0 Å². The van der Waals surface area contributed by atoms with E-state index in [4.69, 9.17) is 5.11 Å². The van der Waals surface area contributed by atoms with E-state index in [1.165, 1.54) is 6.92 Å². The highest BCUT2D eigenvalue weighted by Crippen LogP contribution is 2.24. The summed E-state index contributed by atoms with van der Waals surface area (Å²) in [4.78, 5) is 20.0. The number of rotatable bonds is 7. The Hall–Kier alpha value is -2.14. The Morgan fingerprint density at radius 1 is 0.958 bits per heavy atom. The maximum absolute atomic E-state index is 12.1. The van der Waals surface area contributed by atoms with Crippen LogP contribution in [0.4, 0.5) is 35.1 Å². The van der Waals surface area contributed by atoms with Gasteiger partial charge in [0.15, 0.2) is 0 Å². The molecule has 0 aromatic rings. The van der Waals surface area contributed by atoms with Crippen molar-refractivity contribution in [1.82, 2.24) is 0 Å². The lowest BCUT2D eigenvalue weighted by Gasteiger charge is -2.08. The van der Waals surface area contributed by atoms with E-state index in [1.807, 2.05) is 0 Å². The molecular weight excluding hydrogens is 360 g/mol. The molecule has 0 aliphatic carbocycles. The van der Waals surface area contributed by atoms with Gasteiger partial charge in [-0.2, -0.15) is 17.6 Å². The molecule has 0 spiro atoms. The van der Waals surface area contributed by atoms with E-state index < -0.39 is 36.6 Å². The molecule has 12 heteroatoms. The molecule has 0 bridgehead atoms. The van der Waals surface area contributed by atoms with Gasteiger partial charge in [0.05, 0.1) is 6.61 Å². The van der Waals surface area contributed by atoms with Crippen LogP contribution in [-0.2, 0) is 14.3 Å². The Labute approximate surface area is 130 Å². The molecule has 0 saturated carbocycles. The van der Waals surface area contributed by atoms with E-state index in [2.05, 4.69) is 4.74 Å². The summed E-state index contributed by atoms with van der Waals surface area (Å²) in [6.45, 7) is 1.47. The first kappa shape index (κ1) is 24.1. The number of ether oxygens (including phenoxy) is 1. The highest BCUT2D eigenvalue weighted by molar-refractivity contribution is 5.82. The summed E-state index contributed by atoms with van der Waals surface area (Å²) in [6, 6.07) is 0. The fourth-order valence-corrected chi connectivity index (χ4v) is 0.697. The SMILES string of the molecule is CCOC(=O)/C=C/C(F)(F)C(F)F.O=C(O)/C=C/C(F)(F)C(F)F. The summed E-state index contributed by atoms with van der Waals surface area (Å²) in [7, 11) is 0. The molecule has 4 nitrogen and oxygen atoms in total. The number of hydrogen-bond acceptors (Lipinski definition) is 3. The number of esters is 1. The maximum atomic E-state index is 12.1. The lowest BCUT2D eigenvalue weighted by molar-refractivity contribution is -0.137. The molecule has 24 heavy (non-hydrogen) atoms. The number of allylic oxidation sites excluding steroid dienone is 2. The lowest BCUT2D eigenvalue weighted by atomic mass is 10.3. The van der Waals surface area contributed by atoms with Crippen molar-refractivity contribution < 1.29 is 54.6 Å². The monoisotopic (exact) mass is 372 g/mol. The molecule has 0 fully saturated rings. The van der Waals surface area contributed by atoms with Crippen LogP contribution in [0.5, 0.6) is 0 Å². The minimum absolute atomic E-state index is 0.00340. The second-order valence-corrected chi connectivity index (χ2v) is 3.71. The first-order chi connectivity index (χ1) is 10.8. The van der Waals surface area contributed by atoms with E-state index >= 15 is 0 Å². The molecule has 0 aliphatic rings. The van der Waals surface area contributed by atoms with Gasteiger partial charge in [0.2, 0.25) is 0 Å². The smallest absolute Gasteiger partial charge is 0.330 e. The summed E-state index contributed by atoms with van der Waals surface area (Å²) >= 11 is 0. The third kappa shape index (κ3) is 11.4. The van der Waals surface area contributed by atoms with Crippen LogP contribution >= 0.6 is 0 Å². The molecular formula is C12H12F8O4. The Bertz CT molecular complexity index is 460. The van der Waals surface area contributed by atoms with E-state index in [9.17, 15) is 44.7 Å². The van der Waals surface area contributed by atoms with Gasteiger partial charge in [-0.05, 0) is 19.1 Å². The van der Waals surface area contributed by atoms with E-state index in [0.29, 0.717) is 0 Å². The van der Waals surface area contributed by atoms with Crippen LogP contribution in [0.25, 0.3) is 0 Å². The summed E-state index contributed by atoms with van der Waals surface area (Å²) in [5, 5.41) is 7.79. The average Bonchev–Trinajstić information content (AvgIpc) is 2.44. The standard InChI is InChI=1S/C7H8F4O2.C5H4F4O2/c1-2-13-5(12)3-4-7(10,11)6(8)9;6-4(7)5(8,9)2-1-3(10)11/h3-4,6H,2H2,1H3;1-2,4H,(H,10,11)/b4-3+;2-1+. The Balaban J connectivity index is 0. The van der Waals surface area contributed by atoms with Gasteiger partial charge in [0.1, 0.15) is 0 Å². The van der Waals surface area contributed by atoms with Gasteiger partial charge in [-0.1, -0.05) is 0 Å². The van der Waals surface area contributed by atoms with Crippen LogP contribution in [0, 0.1) is 0 Å². The van der Waals surface area contributed by atoms with Crippen molar-refractivity contribution >= 4 is 11.9 Å². The van der Waals surface area contributed by atoms with Gasteiger partial charge < -0.3 is 9.84 Å². The number of alkyl halides is 8. The number of carboxylic acids is 1. The van der Waals surface area contributed by atoms with Gasteiger partial charge in [-0.3, -0.25) is 0 Å². The van der Waals surface area contributed by atoms with Crippen molar-refractivity contribution in [2.24, 2.45) is 0 Å². The summed E-state index contributed by atoms with van der Waals surface area (Å²) in [5.41, 5.74) is 0. The number of carbonyl (C=O) groups is 2. The largest absolute Gasteiger partial charge is 0.478 e. The normalized spacial score (nSPS) is 12.6. The highest BCUT2D eigenvalue weighted by Gasteiger charge is 2.38. The number of aliphatic carboxylic acids is 1. The third-order valence-electron chi connectivity index (χ3n) is 1.76. The molecule has 0 saturated heterocycles. The van der Waals surface area contributed by atoms with Crippen LogP contribution in [0.3, 0.4) is 0 Å². The van der Waals surface area contributed by atoms with Crippen LogP contribution < -0.4 is 0 Å². The zero-order valence-electron chi connectivity index (χ0n) is 11.9. The minimum atomic E-state index is -4.36. The predicted octanol–water partition coefficient (Wildman–Crippen LogP) is 3.53. The van der Waals surface area contributed by atoms with E-state index in [1.54, 1.807) is 0 Å². The fourth-order valence-electron chi connectivity index (χ4n) is 0.697. The Kier molecular flexibility index (Phi) is 10.7. The van der Waals surface area contributed by atoms with Crippen molar-refractivity contribution in [1.29, 1.82) is 0 Å². The van der Waals surface area contributed by atoms with Crippen molar-refractivity contribution in [2.75, 3.05) is 6.61 Å². The van der Waals surface area contributed by atoms with Gasteiger partial charge in [-0.25, -0.2) is 27.2 Å². The number of halogens is 8. The Morgan fingerprint density at radius 3 is 1.62 bits per heavy atom. The average molecular weight is 372 g/mol.